The van der Waals surface area contributed by atoms with E-state index in [1.807, 2.05) is 48.6 Å². The second-order valence-electron chi connectivity index (χ2n) is 6.40. The van der Waals surface area contributed by atoms with E-state index in [2.05, 4.69) is 15.3 Å². The highest BCUT2D eigenvalue weighted by Crippen LogP contribution is 2.21. The number of nitrogens with zero attached hydrogens (tertiary/aromatic N) is 3. The molecular formula is C20H22N4O2S. The summed E-state index contributed by atoms with van der Waals surface area (Å²) in [5.74, 6) is -0.164. The fourth-order valence-corrected chi connectivity index (χ4v) is 3.28. The topological polar surface area (TPSA) is 78.4 Å². The number of pyridine rings is 1. The maximum absolute atomic E-state index is 12.5. The van der Waals surface area contributed by atoms with E-state index in [4.69, 9.17) is 0 Å². The molecule has 1 aromatic carbocycles. The van der Waals surface area contributed by atoms with Crippen LogP contribution in [0.15, 0.2) is 47.8 Å². The molecule has 0 fully saturated rings. The highest BCUT2D eigenvalue weighted by Gasteiger charge is 2.11. The molecule has 7 heteroatoms. The molecule has 0 saturated carbocycles. The number of anilines is 1. The smallest absolute Gasteiger partial charge is 0.251 e. The van der Waals surface area contributed by atoms with E-state index >= 15 is 0 Å². The Hall–Kier alpha value is -2.77. The van der Waals surface area contributed by atoms with Gasteiger partial charge in [-0.2, -0.15) is 0 Å². The number of thiazole rings is 1. The Morgan fingerprint density at radius 3 is 2.70 bits per heavy atom. The Labute approximate surface area is 162 Å². The average Bonchev–Trinajstić information content (AvgIpc) is 3.16. The minimum absolute atomic E-state index is 0.164. The van der Waals surface area contributed by atoms with Gasteiger partial charge in [-0.15, -0.1) is 11.3 Å². The van der Waals surface area contributed by atoms with Crippen LogP contribution in [0.25, 0.3) is 11.3 Å². The van der Waals surface area contributed by atoms with Crippen molar-refractivity contribution in [2.75, 3.05) is 19.0 Å². The predicted molar refractivity (Wildman–Crippen MR) is 108 cm³/mol. The van der Waals surface area contributed by atoms with Gasteiger partial charge in [0.05, 0.1) is 29.7 Å². The van der Waals surface area contributed by atoms with Gasteiger partial charge in [-0.05, 0) is 31.2 Å². The molecule has 0 aliphatic rings. The van der Waals surface area contributed by atoms with Crippen LogP contribution in [-0.4, -0.2) is 35.1 Å². The lowest BCUT2D eigenvalue weighted by molar-refractivity contribution is 0.0950. The van der Waals surface area contributed by atoms with Crippen LogP contribution < -0.4 is 10.2 Å². The molecule has 27 heavy (non-hydrogen) atoms. The predicted octanol–water partition coefficient (Wildman–Crippen LogP) is 3.25. The summed E-state index contributed by atoms with van der Waals surface area (Å²) in [5.41, 5.74) is 3.54. The summed E-state index contributed by atoms with van der Waals surface area (Å²) in [7, 11) is 3.88. The summed E-state index contributed by atoms with van der Waals surface area (Å²) >= 11 is 1.54. The van der Waals surface area contributed by atoms with Gasteiger partial charge >= 0.3 is 0 Å². The zero-order valence-electron chi connectivity index (χ0n) is 15.5. The number of aliphatic hydroxyl groups is 1. The second kappa shape index (κ2) is 8.28. The first-order valence-electron chi connectivity index (χ1n) is 8.59. The van der Waals surface area contributed by atoms with Gasteiger partial charge in [-0.3, -0.25) is 9.78 Å². The van der Waals surface area contributed by atoms with Crippen LogP contribution in [0.4, 0.5) is 5.13 Å². The molecule has 6 nitrogen and oxygen atoms in total. The number of hydrogen-bond acceptors (Lipinski definition) is 6. The van der Waals surface area contributed by atoms with Crippen molar-refractivity contribution in [3.63, 3.8) is 0 Å². The van der Waals surface area contributed by atoms with Crippen LogP contribution in [0.2, 0.25) is 0 Å². The van der Waals surface area contributed by atoms with E-state index in [0.29, 0.717) is 17.8 Å². The summed E-state index contributed by atoms with van der Waals surface area (Å²) in [5, 5.41) is 15.5. The zero-order valence-corrected chi connectivity index (χ0v) is 16.3. The maximum Gasteiger partial charge on any atom is 0.251 e. The van der Waals surface area contributed by atoms with E-state index in [1.54, 1.807) is 36.5 Å². The van der Waals surface area contributed by atoms with Crippen LogP contribution in [-0.2, 0) is 6.54 Å². The number of carbonyl (C=O) groups excluding carboxylic acids is 1. The Kier molecular flexibility index (Phi) is 5.83. The maximum atomic E-state index is 12.5. The lowest BCUT2D eigenvalue weighted by atomic mass is 10.1. The Balaban J connectivity index is 1.72. The van der Waals surface area contributed by atoms with Crippen molar-refractivity contribution in [3.8, 4) is 11.3 Å². The molecule has 3 rings (SSSR count). The molecule has 1 atom stereocenters. The van der Waals surface area contributed by atoms with Gasteiger partial charge in [-0.25, -0.2) is 4.98 Å². The van der Waals surface area contributed by atoms with Gasteiger partial charge in [0, 0.05) is 30.6 Å². The summed E-state index contributed by atoms with van der Waals surface area (Å²) < 4.78 is 0. The number of rotatable bonds is 6. The quantitative estimate of drug-likeness (QED) is 0.684. The number of aromatic nitrogens is 2. The highest BCUT2D eigenvalue weighted by atomic mass is 32.1. The van der Waals surface area contributed by atoms with Crippen LogP contribution in [0, 0.1) is 0 Å². The Bertz CT molecular complexity index is 937. The molecule has 2 N–H and O–H groups in total. The molecule has 2 heterocycles. The molecule has 0 spiro atoms. The number of nitrogens with one attached hydrogen (secondary N) is 1. The molecule has 1 amide bonds. The fourth-order valence-electron chi connectivity index (χ4n) is 2.52. The van der Waals surface area contributed by atoms with Gasteiger partial charge in [0.25, 0.3) is 5.91 Å². The lowest BCUT2D eigenvalue weighted by Crippen LogP contribution is -2.23. The summed E-state index contributed by atoms with van der Waals surface area (Å²) in [6.07, 6.45) is -0.637. The first-order chi connectivity index (χ1) is 12.9. The van der Waals surface area contributed by atoms with Crippen molar-refractivity contribution in [2.24, 2.45) is 0 Å². The fraction of sp³-hybridized carbons (Fsp3) is 0.250. The third kappa shape index (κ3) is 4.69. The first kappa shape index (κ1) is 19.0. The van der Waals surface area contributed by atoms with Gasteiger partial charge in [-0.1, -0.05) is 18.2 Å². The summed E-state index contributed by atoms with van der Waals surface area (Å²) in [4.78, 5) is 23.4. The molecule has 3 aromatic rings. The molecular weight excluding hydrogens is 360 g/mol. The number of amides is 1. The van der Waals surface area contributed by atoms with Crippen molar-refractivity contribution in [1.29, 1.82) is 0 Å². The van der Waals surface area contributed by atoms with Crippen LogP contribution >= 0.6 is 11.3 Å². The van der Waals surface area contributed by atoms with Crippen molar-refractivity contribution in [3.05, 3.63) is 64.8 Å². The van der Waals surface area contributed by atoms with Crippen molar-refractivity contribution >= 4 is 22.4 Å². The Morgan fingerprint density at radius 1 is 1.22 bits per heavy atom. The molecule has 2 aromatic heterocycles. The highest BCUT2D eigenvalue weighted by molar-refractivity contribution is 7.13. The van der Waals surface area contributed by atoms with E-state index in [0.717, 1.165) is 22.1 Å². The first-order valence-corrected chi connectivity index (χ1v) is 9.47. The van der Waals surface area contributed by atoms with Gasteiger partial charge in [0.15, 0.2) is 5.13 Å². The van der Waals surface area contributed by atoms with Crippen LogP contribution in [0.1, 0.15) is 34.8 Å². The van der Waals surface area contributed by atoms with E-state index < -0.39 is 6.10 Å². The molecule has 140 valence electrons. The molecule has 0 bridgehead atoms. The van der Waals surface area contributed by atoms with E-state index in [-0.39, 0.29) is 5.91 Å². The van der Waals surface area contributed by atoms with E-state index in [1.165, 1.54) is 0 Å². The minimum atomic E-state index is -0.637. The van der Waals surface area contributed by atoms with Gasteiger partial charge in [0.2, 0.25) is 0 Å². The van der Waals surface area contributed by atoms with Crippen molar-refractivity contribution in [2.45, 2.75) is 19.6 Å². The zero-order chi connectivity index (χ0) is 19.4. The Morgan fingerprint density at radius 2 is 2.00 bits per heavy atom. The number of benzene rings is 1. The lowest BCUT2D eigenvalue weighted by Gasteiger charge is -2.09. The van der Waals surface area contributed by atoms with E-state index in [9.17, 15) is 9.90 Å². The minimum Gasteiger partial charge on any atom is -0.387 e. The summed E-state index contributed by atoms with van der Waals surface area (Å²) in [6, 6.07) is 12.8. The molecule has 0 aliphatic heterocycles. The normalized spacial score (nSPS) is 11.9. The molecule has 0 saturated heterocycles. The third-order valence-electron chi connectivity index (χ3n) is 3.97. The largest absolute Gasteiger partial charge is 0.387 e. The average molecular weight is 382 g/mol. The van der Waals surface area contributed by atoms with Crippen LogP contribution in [0.3, 0.4) is 0 Å². The van der Waals surface area contributed by atoms with Crippen LogP contribution in [0.5, 0.6) is 0 Å². The molecule has 0 aliphatic carbocycles. The van der Waals surface area contributed by atoms with Crippen molar-refractivity contribution < 1.29 is 9.90 Å². The summed E-state index contributed by atoms with van der Waals surface area (Å²) in [6.45, 7) is 2.05. The number of carbonyl (C=O) groups is 1. The van der Waals surface area contributed by atoms with Gasteiger partial charge in [0.1, 0.15) is 0 Å². The van der Waals surface area contributed by atoms with Crippen molar-refractivity contribution in [1.82, 2.24) is 15.3 Å². The number of hydrogen-bond donors (Lipinski definition) is 2. The monoisotopic (exact) mass is 382 g/mol. The SMILES string of the molecule is C[C@@H](O)c1cccc(-c2cccc(C(=O)NCc3csc(N(C)C)n3)c2)n1. The molecule has 0 unspecified atom stereocenters. The second-order valence-corrected chi connectivity index (χ2v) is 7.24. The number of aliphatic hydroxyl groups excluding tert-OH is 1. The standard InChI is InChI=1S/C20H22N4O2S/c1-13(25)17-8-5-9-18(23-17)14-6-4-7-15(10-14)19(26)21-11-16-12-27-20(22-16)24(2)3/h4-10,12-13,25H,11H2,1-3H3,(H,21,26)/t13-/m1/s1. The third-order valence-corrected chi connectivity index (χ3v) is 5.03. The molecule has 0 radical (unpaired) electrons. The van der Waals surface area contributed by atoms with Gasteiger partial charge < -0.3 is 15.3 Å².